The summed E-state index contributed by atoms with van der Waals surface area (Å²) in [7, 11) is 3.99. The molecular formula is C20H23ClN2O3. The number of benzene rings is 2. The minimum atomic E-state index is -0.190. The second-order valence-corrected chi connectivity index (χ2v) is 6.84. The number of rotatable bonds is 5. The monoisotopic (exact) mass is 374 g/mol. The number of nitrogens with one attached hydrogen (secondary N) is 1. The third-order valence-electron chi connectivity index (χ3n) is 4.33. The molecule has 1 amide bonds. The molecule has 26 heavy (non-hydrogen) atoms. The van der Waals surface area contributed by atoms with Crippen molar-refractivity contribution in [2.45, 2.75) is 12.5 Å². The van der Waals surface area contributed by atoms with Gasteiger partial charge in [-0.15, -0.1) is 0 Å². The number of halogens is 1. The summed E-state index contributed by atoms with van der Waals surface area (Å²) >= 11 is 6.28. The van der Waals surface area contributed by atoms with E-state index in [2.05, 4.69) is 22.3 Å². The van der Waals surface area contributed by atoms with E-state index in [9.17, 15) is 4.79 Å². The van der Waals surface area contributed by atoms with Gasteiger partial charge in [-0.2, -0.15) is 0 Å². The molecule has 1 aliphatic rings. The van der Waals surface area contributed by atoms with Gasteiger partial charge in [0.15, 0.2) is 11.5 Å². The number of amides is 1. The molecule has 138 valence electrons. The largest absolute Gasteiger partial charge is 0.489 e. The maximum atomic E-state index is 12.6. The molecule has 0 aliphatic carbocycles. The summed E-state index contributed by atoms with van der Waals surface area (Å²) in [6.07, 6.45) is 0.786. The highest BCUT2D eigenvalue weighted by atomic mass is 35.5. The maximum Gasteiger partial charge on any atom is 0.251 e. The molecule has 1 heterocycles. The molecule has 1 aliphatic heterocycles. The van der Waals surface area contributed by atoms with Crippen LogP contribution in [-0.4, -0.2) is 44.7 Å². The number of hydrogen-bond donors (Lipinski definition) is 1. The fourth-order valence-electron chi connectivity index (χ4n) is 2.93. The highest BCUT2D eigenvalue weighted by molar-refractivity contribution is 6.32. The van der Waals surface area contributed by atoms with Crippen LogP contribution in [0.4, 0.5) is 0 Å². The zero-order valence-corrected chi connectivity index (χ0v) is 15.8. The minimum Gasteiger partial charge on any atom is -0.489 e. The van der Waals surface area contributed by atoms with Crippen molar-refractivity contribution in [2.24, 2.45) is 0 Å². The third-order valence-corrected chi connectivity index (χ3v) is 4.61. The molecule has 2 aromatic carbocycles. The summed E-state index contributed by atoms with van der Waals surface area (Å²) in [5.74, 6) is 0.842. The molecule has 0 aromatic heterocycles. The van der Waals surface area contributed by atoms with Crippen LogP contribution in [0, 0.1) is 0 Å². The van der Waals surface area contributed by atoms with Crippen molar-refractivity contribution >= 4 is 17.5 Å². The summed E-state index contributed by atoms with van der Waals surface area (Å²) < 4.78 is 11.3. The van der Waals surface area contributed by atoms with Crippen LogP contribution in [0.25, 0.3) is 0 Å². The normalized spacial score (nSPS) is 14.6. The van der Waals surface area contributed by atoms with E-state index in [1.807, 2.05) is 32.3 Å². The predicted octanol–water partition coefficient (Wildman–Crippen LogP) is 3.53. The van der Waals surface area contributed by atoms with Gasteiger partial charge in [-0.05, 0) is 31.8 Å². The SMILES string of the molecule is CN(C)C(CNC(=O)c1cc(Cl)c2c(c1)OCCCO2)c1ccccc1. The Morgan fingerprint density at radius 1 is 1.19 bits per heavy atom. The zero-order valence-electron chi connectivity index (χ0n) is 15.0. The van der Waals surface area contributed by atoms with Crippen LogP contribution in [0.15, 0.2) is 42.5 Å². The van der Waals surface area contributed by atoms with Crippen LogP contribution in [0.2, 0.25) is 5.02 Å². The van der Waals surface area contributed by atoms with Crippen molar-refractivity contribution < 1.29 is 14.3 Å². The number of carbonyl (C=O) groups is 1. The van der Waals surface area contributed by atoms with Crippen LogP contribution >= 0.6 is 11.6 Å². The van der Waals surface area contributed by atoms with Gasteiger partial charge in [0, 0.05) is 18.5 Å². The Morgan fingerprint density at radius 2 is 1.92 bits per heavy atom. The first kappa shape index (κ1) is 18.5. The van der Waals surface area contributed by atoms with Gasteiger partial charge in [0.05, 0.1) is 24.3 Å². The fourth-order valence-corrected chi connectivity index (χ4v) is 3.19. The van der Waals surface area contributed by atoms with E-state index in [0.717, 1.165) is 12.0 Å². The van der Waals surface area contributed by atoms with E-state index in [1.54, 1.807) is 12.1 Å². The lowest BCUT2D eigenvalue weighted by Gasteiger charge is -2.25. The van der Waals surface area contributed by atoms with Crippen molar-refractivity contribution in [3.05, 3.63) is 58.6 Å². The first-order chi connectivity index (χ1) is 12.6. The van der Waals surface area contributed by atoms with Crippen molar-refractivity contribution in [3.8, 4) is 11.5 Å². The Labute approximate surface area is 158 Å². The van der Waals surface area contributed by atoms with Gasteiger partial charge in [-0.3, -0.25) is 4.79 Å². The minimum absolute atomic E-state index is 0.0797. The predicted molar refractivity (Wildman–Crippen MR) is 102 cm³/mol. The van der Waals surface area contributed by atoms with Crippen molar-refractivity contribution in [3.63, 3.8) is 0 Å². The molecule has 1 unspecified atom stereocenters. The van der Waals surface area contributed by atoms with Gasteiger partial charge < -0.3 is 19.7 Å². The lowest BCUT2D eigenvalue weighted by atomic mass is 10.1. The highest BCUT2D eigenvalue weighted by Crippen LogP contribution is 2.38. The first-order valence-electron chi connectivity index (χ1n) is 8.65. The molecule has 0 saturated carbocycles. The van der Waals surface area contributed by atoms with Crippen LogP contribution in [0.1, 0.15) is 28.4 Å². The number of carbonyl (C=O) groups excluding carboxylic acids is 1. The molecule has 0 bridgehead atoms. The molecule has 2 aromatic rings. The van der Waals surface area contributed by atoms with Gasteiger partial charge in [0.1, 0.15) is 0 Å². The van der Waals surface area contributed by atoms with Gasteiger partial charge in [0.2, 0.25) is 0 Å². The topological polar surface area (TPSA) is 50.8 Å². The smallest absolute Gasteiger partial charge is 0.251 e. The third kappa shape index (κ3) is 4.29. The Bertz CT molecular complexity index is 765. The second kappa shape index (κ2) is 8.43. The number of hydrogen-bond acceptors (Lipinski definition) is 4. The highest BCUT2D eigenvalue weighted by Gasteiger charge is 2.20. The van der Waals surface area contributed by atoms with E-state index in [1.165, 1.54) is 0 Å². The Morgan fingerprint density at radius 3 is 2.65 bits per heavy atom. The number of likely N-dealkylation sites (N-methyl/N-ethyl adjacent to an activating group) is 1. The molecule has 3 rings (SSSR count). The lowest BCUT2D eigenvalue weighted by Crippen LogP contribution is -2.34. The summed E-state index contributed by atoms with van der Waals surface area (Å²) in [4.78, 5) is 14.7. The summed E-state index contributed by atoms with van der Waals surface area (Å²) in [6.45, 7) is 1.59. The molecule has 0 spiro atoms. The fraction of sp³-hybridized carbons (Fsp3) is 0.350. The van der Waals surface area contributed by atoms with Crippen LogP contribution in [0.5, 0.6) is 11.5 Å². The Balaban J connectivity index is 1.73. The standard InChI is InChI=1S/C20H23ClN2O3/c1-23(2)17(14-7-4-3-5-8-14)13-22-20(24)15-11-16(21)19-18(12-15)25-9-6-10-26-19/h3-5,7-8,11-12,17H,6,9-10,13H2,1-2H3,(H,22,24). The molecular weight excluding hydrogens is 352 g/mol. The van der Waals surface area contributed by atoms with Crippen LogP contribution in [0.3, 0.4) is 0 Å². The van der Waals surface area contributed by atoms with Crippen molar-refractivity contribution in [2.75, 3.05) is 33.9 Å². The quantitative estimate of drug-likeness (QED) is 0.869. The van der Waals surface area contributed by atoms with E-state index in [-0.39, 0.29) is 11.9 Å². The summed E-state index contributed by atoms with van der Waals surface area (Å²) in [5, 5.41) is 3.38. The van der Waals surface area contributed by atoms with Gasteiger partial charge in [-0.25, -0.2) is 0 Å². The van der Waals surface area contributed by atoms with Crippen LogP contribution in [-0.2, 0) is 0 Å². The zero-order chi connectivity index (χ0) is 18.5. The molecule has 1 atom stereocenters. The number of ether oxygens (including phenoxy) is 2. The van der Waals surface area contributed by atoms with E-state index in [0.29, 0.717) is 41.8 Å². The Kier molecular flexibility index (Phi) is 6.01. The molecule has 1 N–H and O–H groups in total. The molecule has 0 saturated heterocycles. The molecule has 0 fully saturated rings. The van der Waals surface area contributed by atoms with E-state index >= 15 is 0 Å². The molecule has 5 nitrogen and oxygen atoms in total. The average molecular weight is 375 g/mol. The second-order valence-electron chi connectivity index (χ2n) is 6.44. The lowest BCUT2D eigenvalue weighted by molar-refractivity contribution is 0.0941. The maximum absolute atomic E-state index is 12.6. The van der Waals surface area contributed by atoms with E-state index in [4.69, 9.17) is 21.1 Å². The summed E-state index contributed by atoms with van der Waals surface area (Å²) in [5.41, 5.74) is 1.61. The average Bonchev–Trinajstić information content (AvgIpc) is 2.88. The first-order valence-corrected chi connectivity index (χ1v) is 9.03. The Hall–Kier alpha value is -2.24. The summed E-state index contributed by atoms with van der Waals surface area (Å²) in [6, 6.07) is 13.5. The van der Waals surface area contributed by atoms with Crippen molar-refractivity contribution in [1.29, 1.82) is 0 Å². The number of fused-ring (bicyclic) bond motifs is 1. The van der Waals surface area contributed by atoms with Crippen LogP contribution < -0.4 is 14.8 Å². The van der Waals surface area contributed by atoms with E-state index < -0.39 is 0 Å². The van der Waals surface area contributed by atoms with Gasteiger partial charge >= 0.3 is 0 Å². The number of nitrogens with zero attached hydrogens (tertiary/aromatic N) is 1. The van der Waals surface area contributed by atoms with Crippen molar-refractivity contribution in [1.82, 2.24) is 10.2 Å². The van der Waals surface area contributed by atoms with Gasteiger partial charge in [0.25, 0.3) is 5.91 Å². The molecule has 6 heteroatoms. The van der Waals surface area contributed by atoms with Gasteiger partial charge in [-0.1, -0.05) is 41.9 Å². The molecule has 0 radical (unpaired) electrons.